The van der Waals surface area contributed by atoms with Gasteiger partial charge in [-0.1, -0.05) is 24.3 Å². The van der Waals surface area contributed by atoms with Crippen molar-refractivity contribution in [1.82, 2.24) is 0 Å². The lowest BCUT2D eigenvalue weighted by molar-refractivity contribution is -0.700. The first-order valence-electron chi connectivity index (χ1n) is 13.6. The fourth-order valence-corrected chi connectivity index (χ4v) is 4.90. The topological polar surface area (TPSA) is 112 Å². The first kappa shape index (κ1) is 31.6. The van der Waals surface area contributed by atoms with Gasteiger partial charge in [-0.2, -0.15) is 9.83 Å². The quantitative estimate of drug-likeness (QED) is 0.163. The van der Waals surface area contributed by atoms with E-state index in [4.69, 9.17) is 5.26 Å². The fourth-order valence-electron chi connectivity index (χ4n) is 4.34. The molecule has 0 fully saturated rings. The van der Waals surface area contributed by atoms with Crippen molar-refractivity contribution in [1.29, 1.82) is 5.26 Å². The highest BCUT2D eigenvalue weighted by atomic mass is 32.2. The molecule has 0 atom stereocenters. The Kier molecular flexibility index (Phi) is 12.1. The van der Waals surface area contributed by atoms with Gasteiger partial charge in [0.2, 0.25) is 11.4 Å². The van der Waals surface area contributed by atoms with Crippen LogP contribution in [0.5, 0.6) is 0 Å². The molecule has 0 aliphatic heterocycles. The van der Waals surface area contributed by atoms with E-state index in [2.05, 4.69) is 10.6 Å². The van der Waals surface area contributed by atoms with E-state index in [1.54, 1.807) is 0 Å². The number of unbranched alkanes of at least 4 members (excludes halogenated alkanes) is 1. The van der Waals surface area contributed by atoms with Gasteiger partial charge in [0.1, 0.15) is 6.54 Å². The van der Waals surface area contributed by atoms with Crippen molar-refractivity contribution in [3.8, 4) is 6.07 Å². The summed E-state index contributed by atoms with van der Waals surface area (Å²) >= 11 is 0. The van der Waals surface area contributed by atoms with Crippen LogP contribution in [0.4, 0.5) is 11.4 Å². The molecule has 0 aliphatic rings. The van der Waals surface area contributed by atoms with Crippen molar-refractivity contribution in [3.63, 3.8) is 0 Å². The smallest absolute Gasteiger partial charge is 0.205 e. The molecule has 0 saturated carbocycles. The largest absolute Gasteiger partial charge is 0.748 e. The second-order valence-electron chi connectivity index (χ2n) is 9.82. The van der Waals surface area contributed by atoms with E-state index in [1.807, 2.05) is 115 Å². The highest BCUT2D eigenvalue weighted by molar-refractivity contribution is 7.85. The lowest BCUT2D eigenvalue weighted by Crippen LogP contribution is -2.40. The van der Waals surface area contributed by atoms with Crippen LogP contribution in [0, 0.1) is 11.3 Å². The van der Waals surface area contributed by atoms with E-state index in [0.717, 1.165) is 33.9 Å². The molecule has 3 rings (SSSR count). The second-order valence-corrected chi connectivity index (χ2v) is 11.3. The summed E-state index contributed by atoms with van der Waals surface area (Å²) in [6, 6.07) is 24.4. The number of nitrogens with zero attached hydrogens (tertiary/aromatic N) is 4. The molecule has 1 N–H and O–H groups in total. The summed E-state index contributed by atoms with van der Waals surface area (Å²) in [7, 11) is -0.344. The molecule has 0 unspecified atom stereocenters. The summed E-state index contributed by atoms with van der Waals surface area (Å²) in [5.41, 5.74) is 6.02. The molecule has 0 aliphatic carbocycles. The van der Waals surface area contributed by atoms with Crippen molar-refractivity contribution < 1.29 is 22.6 Å². The second kappa shape index (κ2) is 15.7. The number of pyridine rings is 1. The molecule has 0 amide bonds. The SMILES string of the molecule is CN(CCO)c1ccc(/C=C/c2cccc(/C=C/c3ccc(N(C)CCC#N)cc3)[n+]2CCCCS(=O)(=O)[O-])cc1. The predicted molar refractivity (Wildman–Crippen MR) is 165 cm³/mol. The Morgan fingerprint density at radius 3 is 1.80 bits per heavy atom. The zero-order valence-electron chi connectivity index (χ0n) is 23.7. The average molecular weight is 575 g/mol. The first-order chi connectivity index (χ1) is 19.7. The molecular formula is C32H38N4O4S. The van der Waals surface area contributed by atoms with E-state index in [1.165, 1.54) is 0 Å². The number of aliphatic hydroxyl groups excluding tert-OH is 1. The molecule has 0 bridgehead atoms. The van der Waals surface area contributed by atoms with Crippen LogP contribution in [0.3, 0.4) is 0 Å². The van der Waals surface area contributed by atoms with Crippen molar-refractivity contribution in [2.75, 3.05) is 49.3 Å². The number of anilines is 2. The summed E-state index contributed by atoms with van der Waals surface area (Å²) in [4.78, 5) is 4.03. The van der Waals surface area contributed by atoms with Crippen LogP contribution in [0.2, 0.25) is 0 Å². The van der Waals surface area contributed by atoms with E-state index >= 15 is 0 Å². The molecule has 8 nitrogen and oxygen atoms in total. The lowest BCUT2D eigenvalue weighted by atomic mass is 10.1. The number of aromatic nitrogens is 1. The van der Waals surface area contributed by atoms with Crippen LogP contribution >= 0.6 is 0 Å². The van der Waals surface area contributed by atoms with E-state index < -0.39 is 10.1 Å². The minimum Gasteiger partial charge on any atom is -0.748 e. The molecule has 41 heavy (non-hydrogen) atoms. The summed E-state index contributed by atoms with van der Waals surface area (Å²) in [5.74, 6) is -0.372. The summed E-state index contributed by atoms with van der Waals surface area (Å²) in [6.07, 6.45) is 9.43. The van der Waals surface area contributed by atoms with Crippen LogP contribution < -0.4 is 14.4 Å². The summed E-state index contributed by atoms with van der Waals surface area (Å²) < 4.78 is 35.4. The highest BCUT2D eigenvalue weighted by Crippen LogP contribution is 2.17. The summed E-state index contributed by atoms with van der Waals surface area (Å²) in [6.45, 7) is 1.89. The molecule has 3 aromatic rings. The van der Waals surface area contributed by atoms with E-state index in [-0.39, 0.29) is 12.4 Å². The predicted octanol–water partition coefficient (Wildman–Crippen LogP) is 4.42. The van der Waals surface area contributed by atoms with Crippen molar-refractivity contribution in [3.05, 3.63) is 89.2 Å². The van der Waals surface area contributed by atoms with Crippen LogP contribution in [-0.2, 0) is 16.7 Å². The number of hydrogen-bond donors (Lipinski definition) is 1. The normalized spacial score (nSPS) is 11.7. The number of nitriles is 1. The average Bonchev–Trinajstić information content (AvgIpc) is 2.96. The molecule has 0 saturated heterocycles. The van der Waals surface area contributed by atoms with Gasteiger partial charge in [0.25, 0.3) is 0 Å². The Hall–Kier alpha value is -3.97. The molecule has 0 spiro atoms. The highest BCUT2D eigenvalue weighted by Gasteiger charge is 2.13. The fraction of sp³-hybridized carbons (Fsp3) is 0.312. The Bertz CT molecular complexity index is 1460. The third-order valence-corrected chi connectivity index (χ3v) is 7.53. The van der Waals surface area contributed by atoms with Crippen molar-refractivity contribution in [2.45, 2.75) is 25.8 Å². The number of benzene rings is 2. The monoisotopic (exact) mass is 574 g/mol. The molecule has 9 heteroatoms. The van der Waals surface area contributed by atoms with Gasteiger partial charge in [0.15, 0.2) is 0 Å². The van der Waals surface area contributed by atoms with E-state index in [9.17, 15) is 18.1 Å². The van der Waals surface area contributed by atoms with Gasteiger partial charge in [-0.3, -0.25) is 0 Å². The maximum Gasteiger partial charge on any atom is 0.205 e. The van der Waals surface area contributed by atoms with Gasteiger partial charge < -0.3 is 19.5 Å². The van der Waals surface area contributed by atoms with Gasteiger partial charge in [0.05, 0.1) is 29.2 Å². The summed E-state index contributed by atoms with van der Waals surface area (Å²) in [5, 5.41) is 18.0. The van der Waals surface area contributed by atoms with Gasteiger partial charge in [0, 0.05) is 75.0 Å². The zero-order valence-corrected chi connectivity index (χ0v) is 24.5. The molecular weight excluding hydrogens is 536 g/mol. The van der Waals surface area contributed by atoms with E-state index in [0.29, 0.717) is 38.9 Å². The van der Waals surface area contributed by atoms with Gasteiger partial charge in [-0.15, -0.1) is 0 Å². The maximum absolute atomic E-state index is 11.1. The van der Waals surface area contributed by atoms with Crippen LogP contribution in [-0.4, -0.2) is 57.6 Å². The van der Waals surface area contributed by atoms with Crippen molar-refractivity contribution >= 4 is 45.8 Å². The molecule has 1 heterocycles. The third-order valence-electron chi connectivity index (χ3n) is 6.74. The standard InChI is InChI=1S/C32H38N4O4S/c1-34(22-6-21-33)29-15-9-27(10-16-29)13-19-31-7-5-8-32(36(31)23-3-4-26-41(38,39)40)20-14-28-11-17-30(18-12-28)35(2)24-25-37/h5,7-20,37H,3-4,6,22-26H2,1-2H3. The minimum atomic E-state index is -4.24. The lowest BCUT2D eigenvalue weighted by Gasteiger charge is -2.17. The molecule has 2 aromatic carbocycles. The number of aliphatic hydroxyl groups is 1. The van der Waals surface area contributed by atoms with Crippen LogP contribution in [0.25, 0.3) is 24.3 Å². The number of rotatable bonds is 15. The van der Waals surface area contributed by atoms with Crippen LogP contribution in [0.15, 0.2) is 66.7 Å². The third kappa shape index (κ3) is 10.5. The molecule has 1 aromatic heterocycles. The number of likely N-dealkylation sites (N-methyl/N-ethyl adjacent to an activating group) is 1. The minimum absolute atomic E-state index is 0.0929. The van der Waals surface area contributed by atoms with Gasteiger partial charge in [-0.25, -0.2) is 8.42 Å². The number of hydrogen-bond acceptors (Lipinski definition) is 7. The molecule has 216 valence electrons. The Morgan fingerprint density at radius 2 is 1.34 bits per heavy atom. The Labute approximate surface area is 243 Å². The Balaban J connectivity index is 1.83. The van der Waals surface area contributed by atoms with Crippen LogP contribution in [0.1, 0.15) is 41.8 Å². The molecule has 0 radical (unpaired) electrons. The zero-order chi connectivity index (χ0) is 29.7. The first-order valence-corrected chi connectivity index (χ1v) is 15.2. The van der Waals surface area contributed by atoms with Gasteiger partial charge >= 0.3 is 0 Å². The van der Waals surface area contributed by atoms with Gasteiger partial charge in [-0.05, 0) is 60.0 Å². The maximum atomic E-state index is 11.1. The Morgan fingerprint density at radius 1 is 0.829 bits per heavy atom. The van der Waals surface area contributed by atoms with Crippen molar-refractivity contribution in [2.24, 2.45) is 0 Å².